The van der Waals surface area contributed by atoms with E-state index in [9.17, 15) is 14.7 Å². The first-order valence-electron chi connectivity index (χ1n) is 6.93. The monoisotopic (exact) mass is 312 g/mol. The van der Waals surface area contributed by atoms with Crippen molar-refractivity contribution in [2.45, 2.75) is 18.9 Å². The molecule has 2 amide bonds. The molecule has 1 fully saturated rings. The maximum atomic E-state index is 12.1. The average Bonchev–Trinajstić information content (AvgIpc) is 2.99. The highest BCUT2D eigenvalue weighted by molar-refractivity contribution is 7.10. The Bertz CT molecular complexity index is 471. The van der Waals surface area contributed by atoms with Gasteiger partial charge in [0.05, 0.1) is 6.61 Å². The maximum absolute atomic E-state index is 12.1. The Hall–Kier alpha value is -1.60. The SMILES string of the molecule is CN(CC1CCCOC1)C(=O)NC(C(=O)O)c1cccs1. The minimum atomic E-state index is -1.06. The van der Waals surface area contributed by atoms with Crippen LogP contribution in [0.5, 0.6) is 0 Å². The molecule has 0 radical (unpaired) electrons. The number of carbonyl (C=O) groups excluding carboxylic acids is 1. The molecule has 0 bridgehead atoms. The van der Waals surface area contributed by atoms with Gasteiger partial charge in [0.15, 0.2) is 6.04 Å². The van der Waals surface area contributed by atoms with Gasteiger partial charge < -0.3 is 20.1 Å². The number of hydrogen-bond donors (Lipinski definition) is 2. The van der Waals surface area contributed by atoms with E-state index in [1.165, 1.54) is 16.2 Å². The molecule has 116 valence electrons. The van der Waals surface area contributed by atoms with Gasteiger partial charge in [-0.25, -0.2) is 9.59 Å². The Balaban J connectivity index is 1.90. The summed E-state index contributed by atoms with van der Waals surface area (Å²) in [5.74, 6) is -0.736. The number of nitrogens with one attached hydrogen (secondary N) is 1. The van der Waals surface area contributed by atoms with E-state index in [1.807, 2.05) is 0 Å². The number of rotatable bonds is 5. The van der Waals surface area contributed by atoms with Crippen LogP contribution in [0.3, 0.4) is 0 Å². The van der Waals surface area contributed by atoms with Crippen molar-refractivity contribution in [3.8, 4) is 0 Å². The number of carbonyl (C=O) groups is 2. The Morgan fingerprint density at radius 1 is 1.62 bits per heavy atom. The lowest BCUT2D eigenvalue weighted by Gasteiger charge is -2.28. The van der Waals surface area contributed by atoms with Crippen molar-refractivity contribution in [3.63, 3.8) is 0 Å². The summed E-state index contributed by atoms with van der Waals surface area (Å²) >= 11 is 1.31. The molecule has 7 heteroatoms. The maximum Gasteiger partial charge on any atom is 0.331 e. The molecule has 0 aliphatic carbocycles. The number of carboxylic acids is 1. The fraction of sp³-hybridized carbons (Fsp3) is 0.571. The third kappa shape index (κ3) is 4.44. The van der Waals surface area contributed by atoms with Gasteiger partial charge in [-0.2, -0.15) is 0 Å². The lowest BCUT2D eigenvalue weighted by Crippen LogP contribution is -2.44. The largest absolute Gasteiger partial charge is 0.479 e. The molecule has 1 aromatic rings. The van der Waals surface area contributed by atoms with E-state index in [2.05, 4.69) is 5.32 Å². The minimum Gasteiger partial charge on any atom is -0.479 e. The van der Waals surface area contributed by atoms with Crippen LogP contribution in [0.25, 0.3) is 0 Å². The number of nitrogens with zero attached hydrogens (tertiary/aromatic N) is 1. The van der Waals surface area contributed by atoms with Crippen LogP contribution in [0.2, 0.25) is 0 Å². The molecule has 2 unspecified atom stereocenters. The molecule has 1 saturated heterocycles. The zero-order valence-corrected chi connectivity index (χ0v) is 12.8. The van der Waals surface area contributed by atoms with Gasteiger partial charge in [0.2, 0.25) is 0 Å². The average molecular weight is 312 g/mol. The van der Waals surface area contributed by atoms with Gasteiger partial charge in [-0.05, 0) is 24.3 Å². The summed E-state index contributed by atoms with van der Waals surface area (Å²) < 4.78 is 5.39. The highest BCUT2D eigenvalue weighted by Gasteiger charge is 2.25. The third-order valence-corrected chi connectivity index (χ3v) is 4.41. The normalized spacial score (nSPS) is 19.8. The van der Waals surface area contributed by atoms with Crippen molar-refractivity contribution in [2.75, 3.05) is 26.8 Å². The first-order valence-corrected chi connectivity index (χ1v) is 7.81. The van der Waals surface area contributed by atoms with E-state index in [0.29, 0.717) is 23.9 Å². The van der Waals surface area contributed by atoms with Crippen LogP contribution in [0.1, 0.15) is 23.8 Å². The van der Waals surface area contributed by atoms with E-state index in [4.69, 9.17) is 4.74 Å². The molecule has 0 aromatic carbocycles. The second-order valence-corrected chi connectivity index (χ2v) is 6.18. The number of urea groups is 1. The van der Waals surface area contributed by atoms with E-state index in [-0.39, 0.29) is 6.03 Å². The second kappa shape index (κ2) is 7.42. The Morgan fingerprint density at radius 2 is 2.43 bits per heavy atom. The zero-order chi connectivity index (χ0) is 15.2. The summed E-state index contributed by atoms with van der Waals surface area (Å²) in [6.07, 6.45) is 2.04. The molecule has 0 saturated carbocycles. The van der Waals surface area contributed by atoms with Crippen molar-refractivity contribution in [3.05, 3.63) is 22.4 Å². The molecule has 1 aliphatic rings. The van der Waals surface area contributed by atoms with Gasteiger partial charge in [0.25, 0.3) is 0 Å². The highest BCUT2D eigenvalue weighted by atomic mass is 32.1. The second-order valence-electron chi connectivity index (χ2n) is 5.20. The number of hydrogen-bond acceptors (Lipinski definition) is 4. The van der Waals surface area contributed by atoms with Gasteiger partial charge in [-0.3, -0.25) is 0 Å². The molecule has 6 nitrogen and oxygen atoms in total. The summed E-state index contributed by atoms with van der Waals surface area (Å²) in [6.45, 7) is 2.01. The number of amides is 2. The van der Waals surface area contributed by atoms with E-state index in [0.717, 1.165) is 19.4 Å². The fourth-order valence-corrected chi connectivity index (χ4v) is 3.13. The van der Waals surface area contributed by atoms with Crippen LogP contribution in [-0.2, 0) is 9.53 Å². The summed E-state index contributed by atoms with van der Waals surface area (Å²) in [5, 5.41) is 13.6. The summed E-state index contributed by atoms with van der Waals surface area (Å²) in [7, 11) is 1.68. The number of ether oxygens (including phenoxy) is 1. The van der Waals surface area contributed by atoms with Crippen molar-refractivity contribution in [2.24, 2.45) is 5.92 Å². The molecular formula is C14H20N2O4S. The molecular weight excluding hydrogens is 292 g/mol. The number of aliphatic carboxylic acids is 1. The lowest BCUT2D eigenvalue weighted by molar-refractivity contribution is -0.139. The van der Waals surface area contributed by atoms with Crippen molar-refractivity contribution >= 4 is 23.3 Å². The number of thiophene rings is 1. The van der Waals surface area contributed by atoms with Crippen molar-refractivity contribution in [1.82, 2.24) is 10.2 Å². The van der Waals surface area contributed by atoms with Gasteiger partial charge in [-0.1, -0.05) is 6.07 Å². The molecule has 1 aromatic heterocycles. The predicted octanol–water partition coefficient (Wildman–Crippen LogP) is 1.94. The van der Waals surface area contributed by atoms with Crippen LogP contribution >= 0.6 is 11.3 Å². The smallest absolute Gasteiger partial charge is 0.331 e. The van der Waals surface area contributed by atoms with E-state index < -0.39 is 12.0 Å². The Kier molecular flexibility index (Phi) is 5.58. The summed E-state index contributed by atoms with van der Waals surface area (Å²) in [5.41, 5.74) is 0. The summed E-state index contributed by atoms with van der Waals surface area (Å²) in [6, 6.07) is 2.10. The quantitative estimate of drug-likeness (QED) is 0.871. The van der Waals surface area contributed by atoms with Crippen molar-refractivity contribution in [1.29, 1.82) is 0 Å². The first kappa shape index (κ1) is 15.8. The van der Waals surface area contributed by atoms with Crippen LogP contribution < -0.4 is 5.32 Å². The van der Waals surface area contributed by atoms with Crippen LogP contribution in [-0.4, -0.2) is 48.8 Å². The van der Waals surface area contributed by atoms with Gasteiger partial charge in [0, 0.05) is 31.0 Å². The first-order chi connectivity index (χ1) is 10.1. The Labute approximate surface area is 127 Å². The third-order valence-electron chi connectivity index (χ3n) is 3.48. The van der Waals surface area contributed by atoms with Gasteiger partial charge >= 0.3 is 12.0 Å². The highest BCUT2D eigenvalue weighted by Crippen LogP contribution is 2.20. The number of carboxylic acid groups (broad SMARTS) is 1. The van der Waals surface area contributed by atoms with Crippen LogP contribution in [0.4, 0.5) is 4.79 Å². The van der Waals surface area contributed by atoms with Gasteiger partial charge in [-0.15, -0.1) is 11.3 Å². The topological polar surface area (TPSA) is 78.9 Å². The van der Waals surface area contributed by atoms with E-state index in [1.54, 1.807) is 24.6 Å². The molecule has 1 aliphatic heterocycles. The molecule has 2 rings (SSSR count). The van der Waals surface area contributed by atoms with E-state index >= 15 is 0 Å². The lowest BCUT2D eigenvalue weighted by atomic mass is 10.0. The van der Waals surface area contributed by atoms with Crippen LogP contribution in [0.15, 0.2) is 17.5 Å². The minimum absolute atomic E-state index is 0.319. The Morgan fingerprint density at radius 3 is 3.00 bits per heavy atom. The molecule has 2 atom stereocenters. The predicted molar refractivity (Wildman–Crippen MR) is 79.4 cm³/mol. The van der Waals surface area contributed by atoms with Gasteiger partial charge in [0.1, 0.15) is 0 Å². The van der Waals surface area contributed by atoms with Crippen molar-refractivity contribution < 1.29 is 19.4 Å². The standard InChI is InChI=1S/C14H20N2O4S/c1-16(8-10-4-2-6-20-9-10)14(19)15-12(13(17)18)11-5-3-7-21-11/h3,5,7,10,12H,2,4,6,8-9H2,1H3,(H,15,19)(H,17,18). The molecule has 2 heterocycles. The zero-order valence-electron chi connectivity index (χ0n) is 11.9. The fourth-order valence-electron chi connectivity index (χ4n) is 2.37. The summed E-state index contributed by atoms with van der Waals surface area (Å²) in [4.78, 5) is 25.6. The van der Waals surface area contributed by atoms with Crippen LogP contribution in [0, 0.1) is 5.92 Å². The molecule has 2 N–H and O–H groups in total. The molecule has 0 spiro atoms. The molecule has 21 heavy (non-hydrogen) atoms.